The Kier molecular flexibility index (Phi) is 65.6. The summed E-state index contributed by atoms with van der Waals surface area (Å²) < 4.78 is 34.7. The lowest BCUT2D eigenvalue weighted by atomic mass is 10.0. The Labute approximate surface area is 554 Å². The highest BCUT2D eigenvalue weighted by Gasteiger charge is 2.27. The van der Waals surface area contributed by atoms with E-state index in [0.717, 1.165) is 122 Å². The van der Waals surface area contributed by atoms with Crippen molar-refractivity contribution in [3.8, 4) is 0 Å². The number of ether oxygens (including phenoxy) is 2. The van der Waals surface area contributed by atoms with Gasteiger partial charge in [0.05, 0.1) is 27.7 Å². The molecule has 0 bridgehead atoms. The van der Waals surface area contributed by atoms with Crippen molar-refractivity contribution in [1.82, 2.24) is 0 Å². The highest BCUT2D eigenvalue weighted by molar-refractivity contribution is 7.47. The van der Waals surface area contributed by atoms with Gasteiger partial charge in [-0.15, -0.1) is 0 Å². The van der Waals surface area contributed by atoms with E-state index < -0.39 is 26.5 Å². The molecule has 0 saturated carbocycles. The molecular formula is C80H135NO8P+. The quantitative estimate of drug-likeness (QED) is 0.0211. The van der Waals surface area contributed by atoms with Gasteiger partial charge in [0.2, 0.25) is 0 Å². The van der Waals surface area contributed by atoms with Gasteiger partial charge >= 0.3 is 19.8 Å². The Hall–Kier alpha value is -4.37. The van der Waals surface area contributed by atoms with Gasteiger partial charge in [0.15, 0.2) is 6.10 Å². The van der Waals surface area contributed by atoms with Crippen LogP contribution in [0, 0.1) is 0 Å². The molecule has 0 amide bonds. The molecule has 0 rings (SSSR count). The molecule has 10 heteroatoms. The van der Waals surface area contributed by atoms with E-state index in [2.05, 4.69) is 172 Å². The summed E-state index contributed by atoms with van der Waals surface area (Å²) in [5, 5.41) is 0. The minimum absolute atomic E-state index is 0.0192. The number of phosphoric ester groups is 1. The third-order valence-electron chi connectivity index (χ3n) is 15.0. The summed E-state index contributed by atoms with van der Waals surface area (Å²) in [4.78, 5) is 35.9. The smallest absolute Gasteiger partial charge is 0.462 e. The molecule has 9 nitrogen and oxygen atoms in total. The fraction of sp³-hybridized carbons (Fsp3) is 0.650. The summed E-state index contributed by atoms with van der Waals surface area (Å²) in [6, 6.07) is 0. The first-order valence-corrected chi connectivity index (χ1v) is 37.7. The third kappa shape index (κ3) is 72.7. The summed E-state index contributed by atoms with van der Waals surface area (Å²) in [6.45, 7) is 4.29. The van der Waals surface area contributed by atoms with Crippen LogP contribution in [0.4, 0.5) is 0 Å². The van der Waals surface area contributed by atoms with E-state index in [0.29, 0.717) is 17.4 Å². The lowest BCUT2D eigenvalue weighted by Gasteiger charge is -2.24. The van der Waals surface area contributed by atoms with Crippen LogP contribution in [-0.4, -0.2) is 74.9 Å². The van der Waals surface area contributed by atoms with E-state index >= 15 is 0 Å². The van der Waals surface area contributed by atoms with Gasteiger partial charge in [-0.2, -0.15) is 0 Å². The largest absolute Gasteiger partial charge is 0.472 e. The monoisotopic (exact) mass is 1270 g/mol. The third-order valence-corrected chi connectivity index (χ3v) is 16.0. The second-order valence-corrected chi connectivity index (χ2v) is 26.3. The summed E-state index contributed by atoms with van der Waals surface area (Å²) in [5.74, 6) is -0.830. The molecular weight excluding hydrogens is 1130 g/mol. The van der Waals surface area contributed by atoms with Crippen LogP contribution in [0.25, 0.3) is 0 Å². The second-order valence-electron chi connectivity index (χ2n) is 24.9. The Balaban J connectivity index is 4.16. The van der Waals surface area contributed by atoms with Gasteiger partial charge in [0.1, 0.15) is 19.8 Å². The first-order valence-electron chi connectivity index (χ1n) is 36.2. The summed E-state index contributed by atoms with van der Waals surface area (Å²) in [6.07, 6.45) is 104. The number of unbranched alkanes of at least 4 members (excludes halogenated alkanes) is 25. The average Bonchev–Trinajstić information content (AvgIpc) is 3.62. The Morgan fingerprint density at radius 3 is 0.956 bits per heavy atom. The molecule has 2 unspecified atom stereocenters. The van der Waals surface area contributed by atoms with Crippen LogP contribution in [0.5, 0.6) is 0 Å². The number of hydrogen-bond acceptors (Lipinski definition) is 7. The number of hydrogen-bond donors (Lipinski definition) is 1. The van der Waals surface area contributed by atoms with Gasteiger partial charge in [-0.25, -0.2) is 4.57 Å². The maximum atomic E-state index is 12.9. The van der Waals surface area contributed by atoms with E-state index in [-0.39, 0.29) is 32.0 Å². The predicted molar refractivity (Wildman–Crippen MR) is 390 cm³/mol. The van der Waals surface area contributed by atoms with Gasteiger partial charge in [-0.1, -0.05) is 300 Å². The molecule has 0 aliphatic heterocycles. The van der Waals surface area contributed by atoms with Crippen molar-refractivity contribution >= 4 is 19.8 Å². The number of carbonyl (C=O) groups excluding carboxylic acids is 2. The van der Waals surface area contributed by atoms with Gasteiger partial charge in [0, 0.05) is 12.8 Å². The zero-order chi connectivity index (χ0) is 65.5. The van der Waals surface area contributed by atoms with Crippen LogP contribution < -0.4 is 0 Å². The van der Waals surface area contributed by atoms with Crippen molar-refractivity contribution in [3.63, 3.8) is 0 Å². The summed E-state index contributed by atoms with van der Waals surface area (Å²) in [5.41, 5.74) is 0. The zero-order valence-corrected chi connectivity index (χ0v) is 59.2. The van der Waals surface area contributed by atoms with Crippen molar-refractivity contribution in [2.75, 3.05) is 47.5 Å². The first-order chi connectivity index (χ1) is 44.0. The lowest BCUT2D eigenvalue weighted by molar-refractivity contribution is -0.870. The van der Waals surface area contributed by atoms with Gasteiger partial charge in [-0.05, 0) is 128 Å². The maximum Gasteiger partial charge on any atom is 0.472 e. The van der Waals surface area contributed by atoms with E-state index in [1.807, 2.05) is 21.1 Å². The molecule has 1 N–H and O–H groups in total. The molecule has 0 spiro atoms. The van der Waals surface area contributed by atoms with Gasteiger partial charge < -0.3 is 18.9 Å². The van der Waals surface area contributed by atoms with Crippen molar-refractivity contribution in [2.45, 2.75) is 290 Å². The van der Waals surface area contributed by atoms with E-state index in [1.165, 1.54) is 128 Å². The fourth-order valence-electron chi connectivity index (χ4n) is 9.52. The SMILES string of the molecule is CC/C=C\C/C=C\C/C=C\C/C=C\C/C=C\C/C=C\C/C=C\C/C=C\C/C=C\C/C=C\C/C=C\C/C=C\CCCCCCC(=O)OC(COC(=O)CCCCCCCCCCCCCCC/C=C\CCCCCCCCCC)COP(=O)(O)OCC[N+](C)(C)C. The number of nitrogens with zero attached hydrogens (tertiary/aromatic N) is 1. The maximum absolute atomic E-state index is 12.9. The normalized spacial score (nSPS) is 14.1. The molecule has 0 aliphatic rings. The number of likely N-dealkylation sites (N-methyl/N-ethyl adjacent to an activating group) is 1. The molecule has 90 heavy (non-hydrogen) atoms. The van der Waals surface area contributed by atoms with E-state index in [9.17, 15) is 19.0 Å². The van der Waals surface area contributed by atoms with Crippen molar-refractivity contribution in [2.24, 2.45) is 0 Å². The van der Waals surface area contributed by atoms with Crippen LogP contribution in [0.3, 0.4) is 0 Å². The van der Waals surface area contributed by atoms with E-state index in [1.54, 1.807) is 0 Å². The molecule has 0 aromatic rings. The predicted octanol–water partition coefficient (Wildman–Crippen LogP) is 23.9. The van der Waals surface area contributed by atoms with Crippen LogP contribution >= 0.6 is 7.82 Å². The fourth-order valence-corrected chi connectivity index (χ4v) is 10.3. The summed E-state index contributed by atoms with van der Waals surface area (Å²) in [7, 11) is 1.44. The lowest BCUT2D eigenvalue weighted by Crippen LogP contribution is -2.37. The van der Waals surface area contributed by atoms with Gasteiger partial charge in [0.25, 0.3) is 0 Å². The Morgan fingerprint density at radius 2 is 0.633 bits per heavy atom. The Bertz CT molecular complexity index is 2080. The number of allylic oxidation sites excluding steroid dienone is 26. The first kappa shape index (κ1) is 85.6. The van der Waals surface area contributed by atoms with Crippen LogP contribution in [0.15, 0.2) is 158 Å². The average molecular weight is 1270 g/mol. The highest BCUT2D eigenvalue weighted by Crippen LogP contribution is 2.43. The van der Waals surface area contributed by atoms with Crippen LogP contribution in [0.1, 0.15) is 284 Å². The number of esters is 2. The van der Waals surface area contributed by atoms with E-state index in [4.69, 9.17) is 18.5 Å². The topological polar surface area (TPSA) is 108 Å². The molecule has 0 saturated heterocycles. The molecule has 0 aliphatic carbocycles. The molecule has 0 fully saturated rings. The van der Waals surface area contributed by atoms with Gasteiger partial charge in [-0.3, -0.25) is 18.6 Å². The highest BCUT2D eigenvalue weighted by atomic mass is 31.2. The summed E-state index contributed by atoms with van der Waals surface area (Å²) >= 11 is 0. The standard InChI is InChI=1S/C80H134NO8P/c1-6-8-10-12-14-16-18-20-22-24-26-28-30-32-33-34-35-36-37-38-39-40-41-42-43-44-45-46-47-49-51-53-55-57-59-61-63-65-67-69-71-73-80(83)89-78(77-88-90(84,85)87-75-74-81(3,4)5)76-86-79(82)72-70-68-66-64-62-60-58-56-54-52-50-48-31-29-27-25-23-21-19-17-15-13-11-9-7-2/h8,10,14,16,20,22,25-28,32-33,35-36,38-39,41-42,44-45,47,49,53,55,59,61,78H,6-7,9,11-13,15,17-19,21,23-24,29-31,34,37,40,43,46,48,50-52,54,56-58,60,62-77H2,1-5H3/p+1/b10-8-,16-14-,22-20-,27-25-,28-26-,33-32-,36-35-,39-38-,42-41-,45-44-,49-47-,55-53-,61-59-. The minimum atomic E-state index is -4.41. The molecule has 0 heterocycles. The minimum Gasteiger partial charge on any atom is -0.462 e. The van der Waals surface area contributed by atoms with Crippen LogP contribution in [0.2, 0.25) is 0 Å². The van der Waals surface area contributed by atoms with Crippen LogP contribution in [-0.2, 0) is 32.7 Å². The molecule has 2 atom stereocenters. The molecule has 0 aromatic carbocycles. The molecule has 0 aromatic heterocycles. The zero-order valence-electron chi connectivity index (χ0n) is 58.3. The number of quaternary nitrogens is 1. The number of carbonyl (C=O) groups is 2. The van der Waals surface area contributed by atoms with Crippen molar-refractivity contribution < 1.29 is 42.1 Å². The molecule has 0 radical (unpaired) electrons. The van der Waals surface area contributed by atoms with Crippen molar-refractivity contribution in [3.05, 3.63) is 158 Å². The van der Waals surface area contributed by atoms with Crippen molar-refractivity contribution in [1.29, 1.82) is 0 Å². The molecule has 512 valence electrons. The number of rotatable bonds is 65. The second kappa shape index (κ2) is 69.0. The Morgan fingerprint density at radius 1 is 0.356 bits per heavy atom. The number of phosphoric acid groups is 1.